The molecule has 18 heavy (non-hydrogen) atoms. The van der Waals surface area contributed by atoms with E-state index in [1.807, 2.05) is 12.3 Å². The Kier molecular flexibility index (Phi) is 2.24. The molecule has 4 saturated carbocycles. The monoisotopic (exact) mass is 242 g/mol. The Morgan fingerprint density at radius 3 is 2.17 bits per heavy atom. The average Bonchev–Trinajstić information content (AvgIpc) is 2.37. The quantitative estimate of drug-likeness (QED) is 0.789. The smallest absolute Gasteiger partial charge is 0.128 e. The molecule has 0 radical (unpaired) electrons. The van der Waals surface area contributed by atoms with Crippen molar-refractivity contribution in [3.8, 4) is 0 Å². The van der Waals surface area contributed by atoms with E-state index in [4.69, 9.17) is 0 Å². The van der Waals surface area contributed by atoms with Gasteiger partial charge in [-0.15, -0.1) is 0 Å². The first kappa shape index (κ1) is 10.8. The van der Waals surface area contributed by atoms with Crippen molar-refractivity contribution in [1.82, 2.24) is 4.98 Å². The molecule has 4 bridgehead atoms. The molecule has 2 nitrogen and oxygen atoms in total. The second-order valence-electron chi connectivity index (χ2n) is 6.89. The van der Waals surface area contributed by atoms with Crippen molar-refractivity contribution in [1.29, 1.82) is 0 Å². The minimum Gasteiger partial charge on any atom is -0.354 e. The van der Waals surface area contributed by atoms with Gasteiger partial charge in [0.25, 0.3) is 0 Å². The van der Waals surface area contributed by atoms with E-state index in [0.29, 0.717) is 5.54 Å². The molecule has 96 valence electrons. The lowest BCUT2D eigenvalue weighted by Crippen LogP contribution is -2.59. The van der Waals surface area contributed by atoms with E-state index >= 15 is 0 Å². The number of hydrogen-bond acceptors (Lipinski definition) is 2. The standard InChI is InChI=1S/C16H22N2/c1-18(15-4-2-3-5-17-15)16-9-12-6-13(10-16)8-14(7-12)11-16/h2-5,12-14H,6-11H2,1H3. The molecule has 2 heteroatoms. The van der Waals surface area contributed by atoms with Gasteiger partial charge in [-0.25, -0.2) is 4.98 Å². The number of hydrogen-bond donors (Lipinski definition) is 0. The first-order valence-corrected chi connectivity index (χ1v) is 7.40. The third-order valence-electron chi connectivity index (χ3n) is 5.71. The van der Waals surface area contributed by atoms with Gasteiger partial charge in [0.05, 0.1) is 0 Å². The summed E-state index contributed by atoms with van der Waals surface area (Å²) in [6.45, 7) is 0. The van der Waals surface area contributed by atoms with Crippen molar-refractivity contribution < 1.29 is 0 Å². The van der Waals surface area contributed by atoms with Gasteiger partial charge in [-0.05, 0) is 68.4 Å². The minimum atomic E-state index is 0.434. The molecule has 1 heterocycles. The molecule has 4 aliphatic carbocycles. The molecule has 0 atom stereocenters. The Morgan fingerprint density at radius 1 is 1.06 bits per heavy atom. The van der Waals surface area contributed by atoms with Gasteiger partial charge in [0, 0.05) is 18.8 Å². The van der Waals surface area contributed by atoms with E-state index in [1.54, 1.807) is 0 Å². The van der Waals surface area contributed by atoms with E-state index in [9.17, 15) is 0 Å². The van der Waals surface area contributed by atoms with Gasteiger partial charge in [-0.2, -0.15) is 0 Å². The van der Waals surface area contributed by atoms with Crippen molar-refractivity contribution >= 4 is 5.82 Å². The summed E-state index contributed by atoms with van der Waals surface area (Å²) in [5.74, 6) is 4.17. The van der Waals surface area contributed by atoms with Crippen LogP contribution >= 0.6 is 0 Å². The lowest BCUT2D eigenvalue weighted by Gasteiger charge is -2.60. The minimum absolute atomic E-state index is 0.434. The van der Waals surface area contributed by atoms with Crippen LogP contribution in [0.2, 0.25) is 0 Å². The Balaban J connectivity index is 1.67. The molecule has 0 spiro atoms. The molecule has 0 aliphatic heterocycles. The van der Waals surface area contributed by atoms with Gasteiger partial charge in [-0.3, -0.25) is 0 Å². The van der Waals surface area contributed by atoms with Crippen LogP contribution in [0, 0.1) is 17.8 Å². The van der Waals surface area contributed by atoms with Crippen molar-refractivity contribution in [3.63, 3.8) is 0 Å². The van der Waals surface area contributed by atoms with Crippen LogP contribution in [0.1, 0.15) is 38.5 Å². The predicted molar refractivity (Wildman–Crippen MR) is 73.5 cm³/mol. The lowest BCUT2D eigenvalue weighted by atomic mass is 9.52. The summed E-state index contributed by atoms with van der Waals surface area (Å²) in [6, 6.07) is 6.29. The maximum absolute atomic E-state index is 4.56. The van der Waals surface area contributed by atoms with Gasteiger partial charge in [-0.1, -0.05) is 6.07 Å². The maximum atomic E-state index is 4.56. The predicted octanol–water partition coefficient (Wildman–Crippen LogP) is 3.49. The highest BCUT2D eigenvalue weighted by atomic mass is 15.2. The molecular weight excluding hydrogens is 220 g/mol. The third-order valence-corrected chi connectivity index (χ3v) is 5.71. The van der Waals surface area contributed by atoms with E-state index in [0.717, 1.165) is 17.8 Å². The van der Waals surface area contributed by atoms with E-state index in [2.05, 4.69) is 29.1 Å². The van der Waals surface area contributed by atoms with Crippen LogP contribution in [0.15, 0.2) is 24.4 Å². The summed E-state index contributed by atoms with van der Waals surface area (Å²) >= 11 is 0. The van der Waals surface area contributed by atoms with Crippen LogP contribution in [0.5, 0.6) is 0 Å². The van der Waals surface area contributed by atoms with Crippen molar-refractivity contribution in [2.75, 3.05) is 11.9 Å². The van der Waals surface area contributed by atoms with Crippen molar-refractivity contribution in [3.05, 3.63) is 24.4 Å². The van der Waals surface area contributed by atoms with Crippen LogP contribution in [0.25, 0.3) is 0 Å². The zero-order chi connectivity index (χ0) is 12.2. The molecule has 0 N–H and O–H groups in total. The molecule has 5 rings (SSSR count). The zero-order valence-corrected chi connectivity index (χ0v) is 11.2. The summed E-state index contributed by atoms with van der Waals surface area (Å²) in [5.41, 5.74) is 0.434. The lowest BCUT2D eigenvalue weighted by molar-refractivity contribution is -0.00229. The highest BCUT2D eigenvalue weighted by Gasteiger charge is 2.53. The number of rotatable bonds is 2. The number of aromatic nitrogens is 1. The zero-order valence-electron chi connectivity index (χ0n) is 11.2. The van der Waals surface area contributed by atoms with Gasteiger partial charge in [0.1, 0.15) is 5.82 Å². The van der Waals surface area contributed by atoms with Gasteiger partial charge in [0.15, 0.2) is 0 Å². The molecular formula is C16H22N2. The van der Waals surface area contributed by atoms with Crippen molar-refractivity contribution in [2.45, 2.75) is 44.1 Å². The van der Waals surface area contributed by atoms with Gasteiger partial charge in [0.2, 0.25) is 0 Å². The molecule has 0 aromatic carbocycles. The molecule has 0 unspecified atom stereocenters. The van der Waals surface area contributed by atoms with E-state index in [1.165, 1.54) is 44.3 Å². The topological polar surface area (TPSA) is 16.1 Å². The number of nitrogens with zero attached hydrogens (tertiary/aromatic N) is 2. The fourth-order valence-electron chi connectivity index (χ4n) is 5.27. The first-order chi connectivity index (χ1) is 8.75. The highest BCUT2D eigenvalue weighted by molar-refractivity contribution is 5.41. The van der Waals surface area contributed by atoms with Gasteiger partial charge >= 0.3 is 0 Å². The Bertz CT molecular complexity index is 404. The molecule has 4 fully saturated rings. The largest absolute Gasteiger partial charge is 0.354 e. The van der Waals surface area contributed by atoms with Crippen LogP contribution in [0.3, 0.4) is 0 Å². The second kappa shape index (κ2) is 3.72. The fraction of sp³-hybridized carbons (Fsp3) is 0.688. The molecule has 1 aromatic heterocycles. The summed E-state index contributed by atoms with van der Waals surface area (Å²) in [6.07, 6.45) is 10.7. The van der Waals surface area contributed by atoms with E-state index < -0.39 is 0 Å². The van der Waals surface area contributed by atoms with Crippen LogP contribution in [0.4, 0.5) is 5.82 Å². The molecule has 1 aromatic rings. The number of anilines is 1. The maximum Gasteiger partial charge on any atom is 0.128 e. The summed E-state index contributed by atoms with van der Waals surface area (Å²) in [5, 5.41) is 0. The highest BCUT2D eigenvalue weighted by Crippen LogP contribution is 2.57. The van der Waals surface area contributed by atoms with E-state index in [-0.39, 0.29) is 0 Å². The SMILES string of the molecule is CN(c1ccccn1)C12CC3CC(CC(C3)C1)C2. The van der Waals surface area contributed by atoms with Crippen LogP contribution < -0.4 is 4.90 Å². The fourth-order valence-corrected chi connectivity index (χ4v) is 5.27. The third kappa shape index (κ3) is 1.51. The Morgan fingerprint density at radius 2 is 1.67 bits per heavy atom. The molecule has 0 amide bonds. The summed E-state index contributed by atoms with van der Waals surface area (Å²) in [7, 11) is 2.27. The average molecular weight is 242 g/mol. The van der Waals surface area contributed by atoms with Crippen LogP contribution in [-0.4, -0.2) is 17.6 Å². The Hall–Kier alpha value is -1.05. The summed E-state index contributed by atoms with van der Waals surface area (Å²) in [4.78, 5) is 7.07. The number of pyridine rings is 1. The first-order valence-electron chi connectivity index (χ1n) is 7.40. The Labute approximate surface area is 109 Å². The van der Waals surface area contributed by atoms with Crippen LogP contribution in [-0.2, 0) is 0 Å². The normalized spacial score (nSPS) is 41.1. The summed E-state index contributed by atoms with van der Waals surface area (Å²) < 4.78 is 0. The van der Waals surface area contributed by atoms with Gasteiger partial charge < -0.3 is 4.90 Å². The molecule has 0 saturated heterocycles. The molecule has 4 aliphatic rings. The van der Waals surface area contributed by atoms with Crippen molar-refractivity contribution in [2.24, 2.45) is 17.8 Å². The second-order valence-corrected chi connectivity index (χ2v) is 6.89.